The van der Waals surface area contributed by atoms with Crippen LogP contribution in [0.4, 0.5) is 0 Å². The molecule has 3 rings (SSSR count). The summed E-state index contributed by atoms with van der Waals surface area (Å²) in [5, 5.41) is 6.58. The van der Waals surface area contributed by atoms with Crippen LogP contribution in [0.2, 0.25) is 0 Å². The number of hydrogen-bond donors (Lipinski definition) is 1. The molecular weight excluding hydrogens is 286 g/mol. The zero-order chi connectivity index (χ0) is 13.9. The molecule has 104 valence electrons. The molecule has 0 radical (unpaired) electrons. The number of aromatic nitrogens is 2. The van der Waals surface area contributed by atoms with Crippen LogP contribution in [0.3, 0.4) is 0 Å². The highest BCUT2D eigenvalue weighted by Gasteiger charge is 2.13. The van der Waals surface area contributed by atoms with Gasteiger partial charge >= 0.3 is 0 Å². The summed E-state index contributed by atoms with van der Waals surface area (Å²) in [6, 6.07) is 8.56. The molecule has 0 spiro atoms. The van der Waals surface area contributed by atoms with E-state index in [-0.39, 0.29) is 0 Å². The van der Waals surface area contributed by atoms with E-state index in [0.29, 0.717) is 0 Å². The maximum Gasteiger partial charge on any atom is 0.194 e. The Bertz CT molecular complexity index is 715. The topological polar surface area (TPSA) is 29.3 Å². The van der Waals surface area contributed by atoms with E-state index >= 15 is 0 Å². The van der Waals surface area contributed by atoms with Gasteiger partial charge in [0.2, 0.25) is 0 Å². The molecular formula is C15H17N3S2. The third-order valence-electron chi connectivity index (χ3n) is 3.07. The van der Waals surface area contributed by atoms with Gasteiger partial charge in [-0.05, 0) is 25.6 Å². The molecule has 0 unspecified atom stereocenters. The van der Waals surface area contributed by atoms with E-state index < -0.39 is 0 Å². The lowest BCUT2D eigenvalue weighted by Crippen LogP contribution is -2.13. The van der Waals surface area contributed by atoms with E-state index in [1.54, 1.807) is 23.1 Å². The van der Waals surface area contributed by atoms with Crippen molar-refractivity contribution in [3.05, 3.63) is 47.1 Å². The molecule has 2 aromatic heterocycles. The Kier molecular flexibility index (Phi) is 4.10. The fourth-order valence-corrected chi connectivity index (χ4v) is 3.91. The summed E-state index contributed by atoms with van der Waals surface area (Å²) in [5.74, 6) is 0. The van der Waals surface area contributed by atoms with Crippen LogP contribution in [0, 0.1) is 6.92 Å². The summed E-state index contributed by atoms with van der Waals surface area (Å²) in [4.78, 5) is 7.06. The van der Waals surface area contributed by atoms with Crippen LogP contribution in [0.25, 0.3) is 4.96 Å². The van der Waals surface area contributed by atoms with Gasteiger partial charge in [-0.25, -0.2) is 4.98 Å². The monoisotopic (exact) mass is 303 g/mol. The van der Waals surface area contributed by atoms with Gasteiger partial charge in [0.1, 0.15) is 5.03 Å². The third kappa shape index (κ3) is 2.75. The molecule has 0 atom stereocenters. The minimum Gasteiger partial charge on any atom is -0.311 e. The van der Waals surface area contributed by atoms with Gasteiger partial charge in [-0.2, -0.15) is 0 Å². The molecule has 0 aliphatic rings. The molecule has 0 amide bonds. The van der Waals surface area contributed by atoms with Gasteiger partial charge in [-0.15, -0.1) is 11.3 Å². The molecule has 0 saturated heterocycles. The number of rotatable bonds is 5. The van der Waals surface area contributed by atoms with Crippen LogP contribution in [0.1, 0.15) is 18.2 Å². The largest absolute Gasteiger partial charge is 0.311 e. The predicted octanol–water partition coefficient (Wildman–Crippen LogP) is 3.96. The van der Waals surface area contributed by atoms with E-state index in [4.69, 9.17) is 4.98 Å². The van der Waals surface area contributed by atoms with Crippen molar-refractivity contribution in [2.24, 2.45) is 0 Å². The van der Waals surface area contributed by atoms with Crippen molar-refractivity contribution in [2.45, 2.75) is 30.3 Å². The second-order valence-electron chi connectivity index (χ2n) is 4.62. The highest BCUT2D eigenvalue weighted by Crippen LogP contribution is 2.32. The first kappa shape index (κ1) is 13.7. The molecule has 0 fully saturated rings. The Labute approximate surface area is 127 Å². The molecule has 3 nitrogen and oxygen atoms in total. The number of benzene rings is 1. The van der Waals surface area contributed by atoms with Crippen LogP contribution in [-0.4, -0.2) is 15.9 Å². The fourth-order valence-electron chi connectivity index (χ4n) is 2.09. The number of fused-ring (bicyclic) bond motifs is 1. The first-order valence-corrected chi connectivity index (χ1v) is 8.37. The smallest absolute Gasteiger partial charge is 0.194 e. The molecule has 20 heavy (non-hydrogen) atoms. The van der Waals surface area contributed by atoms with Gasteiger partial charge in [0.05, 0.1) is 5.69 Å². The average Bonchev–Trinajstić information content (AvgIpc) is 2.98. The Morgan fingerprint density at radius 2 is 2.30 bits per heavy atom. The highest BCUT2D eigenvalue weighted by atomic mass is 32.2. The molecule has 0 aliphatic heterocycles. The van der Waals surface area contributed by atoms with Gasteiger partial charge < -0.3 is 5.32 Å². The standard InChI is InChI=1S/C15H17N3S2/c1-3-16-10-13-14(17-15-18(13)7-8-19-15)20-12-6-4-5-11(2)9-12/h4-9,16H,3,10H2,1-2H3. The Morgan fingerprint density at radius 3 is 3.10 bits per heavy atom. The average molecular weight is 303 g/mol. The molecule has 0 bridgehead atoms. The van der Waals surface area contributed by atoms with Crippen molar-refractivity contribution in [1.29, 1.82) is 0 Å². The van der Waals surface area contributed by atoms with E-state index in [0.717, 1.165) is 23.1 Å². The van der Waals surface area contributed by atoms with Crippen LogP contribution in [0.5, 0.6) is 0 Å². The molecule has 3 aromatic rings. The number of imidazole rings is 1. The van der Waals surface area contributed by atoms with E-state index in [2.05, 4.69) is 59.4 Å². The van der Waals surface area contributed by atoms with Crippen LogP contribution < -0.4 is 5.32 Å². The summed E-state index contributed by atoms with van der Waals surface area (Å²) in [7, 11) is 0. The molecule has 1 N–H and O–H groups in total. The zero-order valence-electron chi connectivity index (χ0n) is 11.6. The first-order valence-electron chi connectivity index (χ1n) is 6.67. The number of nitrogens with zero attached hydrogens (tertiary/aromatic N) is 2. The molecule has 0 saturated carbocycles. The van der Waals surface area contributed by atoms with Crippen molar-refractivity contribution >= 4 is 28.1 Å². The summed E-state index contributed by atoms with van der Waals surface area (Å²) < 4.78 is 2.19. The predicted molar refractivity (Wildman–Crippen MR) is 85.8 cm³/mol. The number of hydrogen-bond acceptors (Lipinski definition) is 4. The summed E-state index contributed by atoms with van der Waals surface area (Å²) in [6.45, 7) is 6.06. The minimum atomic E-state index is 0.850. The van der Waals surface area contributed by atoms with Crippen molar-refractivity contribution in [3.8, 4) is 0 Å². The van der Waals surface area contributed by atoms with E-state index in [9.17, 15) is 0 Å². The maximum atomic E-state index is 4.75. The van der Waals surface area contributed by atoms with Crippen molar-refractivity contribution in [2.75, 3.05) is 6.54 Å². The van der Waals surface area contributed by atoms with Gasteiger partial charge in [0.15, 0.2) is 4.96 Å². The van der Waals surface area contributed by atoms with Gasteiger partial charge in [-0.1, -0.05) is 36.4 Å². The molecule has 2 heterocycles. The number of nitrogens with one attached hydrogen (secondary N) is 1. The van der Waals surface area contributed by atoms with Crippen molar-refractivity contribution < 1.29 is 0 Å². The van der Waals surface area contributed by atoms with Crippen LogP contribution in [-0.2, 0) is 6.54 Å². The Morgan fingerprint density at radius 1 is 1.40 bits per heavy atom. The highest BCUT2D eigenvalue weighted by molar-refractivity contribution is 7.99. The second kappa shape index (κ2) is 5.99. The fraction of sp³-hybridized carbons (Fsp3) is 0.267. The quantitative estimate of drug-likeness (QED) is 0.773. The van der Waals surface area contributed by atoms with Gasteiger partial charge in [0, 0.05) is 23.0 Å². The normalized spacial score (nSPS) is 11.3. The zero-order valence-corrected chi connectivity index (χ0v) is 13.2. The summed E-state index contributed by atoms with van der Waals surface area (Å²) in [6.07, 6.45) is 2.10. The van der Waals surface area contributed by atoms with Crippen LogP contribution in [0.15, 0.2) is 45.8 Å². The van der Waals surface area contributed by atoms with Crippen molar-refractivity contribution in [1.82, 2.24) is 14.7 Å². The minimum absolute atomic E-state index is 0.850. The Balaban J connectivity index is 1.95. The van der Waals surface area contributed by atoms with Gasteiger partial charge in [-0.3, -0.25) is 4.40 Å². The van der Waals surface area contributed by atoms with Gasteiger partial charge in [0.25, 0.3) is 0 Å². The Hall–Kier alpha value is -1.30. The second-order valence-corrected chi connectivity index (χ2v) is 6.55. The van der Waals surface area contributed by atoms with Crippen molar-refractivity contribution in [3.63, 3.8) is 0 Å². The van der Waals surface area contributed by atoms with E-state index in [1.807, 2.05) is 0 Å². The lowest BCUT2D eigenvalue weighted by Gasteiger charge is -2.05. The van der Waals surface area contributed by atoms with E-state index in [1.165, 1.54) is 16.2 Å². The van der Waals surface area contributed by atoms with Crippen LogP contribution >= 0.6 is 23.1 Å². The summed E-state index contributed by atoms with van der Waals surface area (Å²) >= 11 is 3.42. The lowest BCUT2D eigenvalue weighted by atomic mass is 10.2. The SMILES string of the molecule is CCNCc1c(Sc2cccc(C)c2)nc2sccn12. The number of thiazole rings is 1. The molecule has 5 heteroatoms. The molecule has 0 aliphatic carbocycles. The maximum absolute atomic E-state index is 4.75. The first-order chi connectivity index (χ1) is 9.78. The molecule has 1 aromatic carbocycles. The number of aryl methyl sites for hydroxylation is 1. The lowest BCUT2D eigenvalue weighted by molar-refractivity contribution is 0.694. The summed E-state index contributed by atoms with van der Waals surface area (Å²) in [5.41, 5.74) is 2.53. The third-order valence-corrected chi connectivity index (χ3v) is 4.84.